The zero-order chi connectivity index (χ0) is 18.8. The molecule has 0 spiro atoms. The lowest BCUT2D eigenvalue weighted by molar-refractivity contribution is 0.149. The van der Waals surface area contributed by atoms with E-state index in [1.807, 2.05) is 0 Å². The molecular formula is C22H20Br2O2. The number of hydrogen-bond donors (Lipinski definition) is 0. The Morgan fingerprint density at radius 2 is 1.04 bits per heavy atom. The molecule has 2 aromatic carbocycles. The van der Waals surface area contributed by atoms with Crippen LogP contribution in [0.4, 0.5) is 0 Å². The van der Waals surface area contributed by atoms with Crippen molar-refractivity contribution >= 4 is 31.9 Å². The van der Waals surface area contributed by atoms with Crippen LogP contribution in [-0.2, 0) is 33.3 Å². The summed E-state index contributed by atoms with van der Waals surface area (Å²) >= 11 is 7.10. The number of alkyl halides is 2. The third kappa shape index (κ3) is 6.31. The summed E-state index contributed by atoms with van der Waals surface area (Å²) in [6.07, 6.45) is 10.5. The van der Waals surface area contributed by atoms with E-state index in [-0.39, 0.29) is 0 Å². The number of ether oxygens (including phenoxy) is 2. The molecule has 2 aromatic rings. The molecule has 26 heavy (non-hydrogen) atoms. The van der Waals surface area contributed by atoms with Crippen molar-refractivity contribution in [1.82, 2.24) is 0 Å². The lowest BCUT2D eigenvalue weighted by Gasteiger charge is -2.12. The Hall–Kier alpha value is -1.56. The van der Waals surface area contributed by atoms with Crippen molar-refractivity contribution in [2.24, 2.45) is 0 Å². The third-order valence-electron chi connectivity index (χ3n) is 3.66. The molecule has 0 bridgehead atoms. The number of terminal acetylenes is 2. The van der Waals surface area contributed by atoms with Gasteiger partial charge in [-0.25, -0.2) is 0 Å². The van der Waals surface area contributed by atoms with Crippen molar-refractivity contribution in [3.05, 3.63) is 58.7 Å². The lowest BCUT2D eigenvalue weighted by atomic mass is 9.97. The molecule has 0 amide bonds. The van der Waals surface area contributed by atoms with Crippen LogP contribution in [-0.4, -0.2) is 13.2 Å². The molecule has 134 valence electrons. The average Bonchev–Trinajstić information content (AvgIpc) is 2.68. The highest BCUT2D eigenvalue weighted by atomic mass is 79.9. The van der Waals surface area contributed by atoms with E-state index in [0.29, 0.717) is 26.4 Å². The van der Waals surface area contributed by atoms with Gasteiger partial charge in [0.15, 0.2) is 0 Å². The van der Waals surface area contributed by atoms with Gasteiger partial charge in [-0.05, 0) is 45.5 Å². The van der Waals surface area contributed by atoms with Crippen LogP contribution in [0, 0.1) is 24.7 Å². The Morgan fingerprint density at radius 1 is 0.654 bits per heavy atom. The molecule has 0 aliphatic rings. The first-order chi connectivity index (χ1) is 12.7. The van der Waals surface area contributed by atoms with Gasteiger partial charge in [-0.2, -0.15) is 0 Å². The monoisotopic (exact) mass is 474 g/mol. The van der Waals surface area contributed by atoms with E-state index in [4.69, 9.17) is 22.3 Å². The van der Waals surface area contributed by atoms with E-state index in [1.165, 1.54) is 11.1 Å². The van der Waals surface area contributed by atoms with E-state index in [2.05, 4.69) is 80.1 Å². The first-order valence-electron chi connectivity index (χ1n) is 8.10. The largest absolute Gasteiger partial charge is 0.364 e. The van der Waals surface area contributed by atoms with Gasteiger partial charge in [-0.1, -0.05) is 68.0 Å². The van der Waals surface area contributed by atoms with Crippen molar-refractivity contribution in [2.75, 3.05) is 13.2 Å². The number of rotatable bonds is 9. The Kier molecular flexibility index (Phi) is 8.95. The third-order valence-corrected chi connectivity index (χ3v) is 4.95. The molecule has 0 saturated carbocycles. The van der Waals surface area contributed by atoms with Crippen LogP contribution < -0.4 is 0 Å². The number of benzene rings is 2. The molecule has 0 aromatic heterocycles. The highest BCUT2D eigenvalue weighted by Gasteiger charge is 2.07. The van der Waals surface area contributed by atoms with Crippen LogP contribution in [0.2, 0.25) is 0 Å². The van der Waals surface area contributed by atoms with Gasteiger partial charge in [0.1, 0.15) is 13.2 Å². The molecule has 4 heteroatoms. The van der Waals surface area contributed by atoms with Crippen molar-refractivity contribution in [3.63, 3.8) is 0 Å². The van der Waals surface area contributed by atoms with Crippen LogP contribution in [0.5, 0.6) is 0 Å². The second kappa shape index (κ2) is 11.2. The van der Waals surface area contributed by atoms with Gasteiger partial charge in [0.05, 0.1) is 13.2 Å². The summed E-state index contributed by atoms with van der Waals surface area (Å²) in [5.41, 5.74) is 6.86. The molecule has 0 saturated heterocycles. The molecule has 0 fully saturated rings. The van der Waals surface area contributed by atoms with E-state index in [9.17, 15) is 0 Å². The normalized spacial score (nSPS) is 10.3. The van der Waals surface area contributed by atoms with Crippen LogP contribution in [0.15, 0.2) is 36.4 Å². The molecule has 2 nitrogen and oxygen atoms in total. The van der Waals surface area contributed by atoms with Gasteiger partial charge >= 0.3 is 0 Å². The maximum atomic E-state index is 5.51. The van der Waals surface area contributed by atoms with Gasteiger partial charge in [0.2, 0.25) is 0 Å². The summed E-state index contributed by atoms with van der Waals surface area (Å²) in [5, 5.41) is 1.62. The summed E-state index contributed by atoms with van der Waals surface area (Å²) in [4.78, 5) is 0. The maximum Gasteiger partial charge on any atom is 0.107 e. The molecule has 0 aliphatic carbocycles. The van der Waals surface area contributed by atoms with E-state index >= 15 is 0 Å². The summed E-state index contributed by atoms with van der Waals surface area (Å²) in [5.74, 6) is 4.98. The fourth-order valence-corrected chi connectivity index (χ4v) is 3.28. The zero-order valence-corrected chi connectivity index (χ0v) is 17.6. The minimum Gasteiger partial charge on any atom is -0.364 e. The van der Waals surface area contributed by atoms with Crippen LogP contribution in [0.1, 0.15) is 22.3 Å². The van der Waals surface area contributed by atoms with Crippen LogP contribution in [0.25, 0.3) is 11.1 Å². The number of hydrogen-bond acceptors (Lipinski definition) is 2. The second-order valence-corrected chi connectivity index (χ2v) is 6.86. The lowest BCUT2D eigenvalue weighted by Crippen LogP contribution is -1.99. The minimum atomic E-state index is 0.292. The molecule has 0 N–H and O–H groups in total. The summed E-state index contributed by atoms with van der Waals surface area (Å²) < 4.78 is 11.0. The Morgan fingerprint density at radius 3 is 1.42 bits per heavy atom. The van der Waals surface area contributed by atoms with Crippen LogP contribution >= 0.6 is 31.9 Å². The molecule has 0 aliphatic heterocycles. The smallest absolute Gasteiger partial charge is 0.107 e. The standard InChI is InChI=1S/C22H20Br2O2/c1-3-5-25-15-19-8-20(16-26-6-4-2)12-22(11-19)21-9-17(13-23)7-18(10-21)14-24/h1-2,7-12H,5-6,13-16H2. The van der Waals surface area contributed by atoms with Crippen molar-refractivity contribution in [3.8, 4) is 35.8 Å². The highest BCUT2D eigenvalue weighted by molar-refractivity contribution is 9.08. The van der Waals surface area contributed by atoms with E-state index in [0.717, 1.165) is 32.9 Å². The van der Waals surface area contributed by atoms with Gasteiger partial charge in [-0.15, -0.1) is 12.8 Å². The van der Waals surface area contributed by atoms with Crippen molar-refractivity contribution in [1.29, 1.82) is 0 Å². The first-order valence-corrected chi connectivity index (χ1v) is 10.3. The summed E-state index contributed by atoms with van der Waals surface area (Å²) in [6, 6.07) is 12.9. The molecule has 0 unspecified atom stereocenters. The zero-order valence-electron chi connectivity index (χ0n) is 14.4. The topological polar surface area (TPSA) is 18.5 Å². The predicted octanol–water partition coefficient (Wildman–Crippen LogP) is 5.44. The quantitative estimate of drug-likeness (QED) is 0.273. The van der Waals surface area contributed by atoms with E-state index < -0.39 is 0 Å². The van der Waals surface area contributed by atoms with Gasteiger partial charge in [-0.3, -0.25) is 0 Å². The first kappa shape index (κ1) is 20.7. The fraction of sp³-hybridized carbons (Fsp3) is 0.273. The average molecular weight is 476 g/mol. The Labute approximate surface area is 172 Å². The maximum absolute atomic E-state index is 5.51. The van der Waals surface area contributed by atoms with Crippen molar-refractivity contribution in [2.45, 2.75) is 23.9 Å². The van der Waals surface area contributed by atoms with E-state index in [1.54, 1.807) is 0 Å². The Balaban J connectivity index is 2.39. The predicted molar refractivity (Wildman–Crippen MR) is 114 cm³/mol. The fourth-order valence-electron chi connectivity index (χ4n) is 2.64. The Bertz CT molecular complexity index is 755. The van der Waals surface area contributed by atoms with Gasteiger partial charge < -0.3 is 9.47 Å². The molecule has 2 rings (SSSR count). The van der Waals surface area contributed by atoms with Crippen LogP contribution in [0.3, 0.4) is 0 Å². The summed E-state index contributed by atoms with van der Waals surface area (Å²) in [7, 11) is 0. The molecule has 0 heterocycles. The highest BCUT2D eigenvalue weighted by Crippen LogP contribution is 2.27. The minimum absolute atomic E-state index is 0.292. The molecule has 0 radical (unpaired) electrons. The second-order valence-electron chi connectivity index (χ2n) is 5.74. The van der Waals surface area contributed by atoms with Gasteiger partial charge in [0.25, 0.3) is 0 Å². The number of halogens is 2. The molecular weight excluding hydrogens is 456 g/mol. The summed E-state index contributed by atoms with van der Waals surface area (Å²) in [6.45, 7) is 1.51. The molecule has 0 atom stereocenters. The van der Waals surface area contributed by atoms with Crippen molar-refractivity contribution < 1.29 is 9.47 Å². The SMILES string of the molecule is C#CCOCc1cc(COCC#C)cc(-c2cc(CBr)cc(CBr)c2)c1. The van der Waals surface area contributed by atoms with Gasteiger partial charge in [0, 0.05) is 10.7 Å².